The third-order valence-corrected chi connectivity index (χ3v) is 4.05. The summed E-state index contributed by atoms with van der Waals surface area (Å²) in [6, 6.07) is -0.119. The first-order valence-corrected chi connectivity index (χ1v) is 5.79. The number of carbonyl (C=O) groups excluding carboxylic acids is 1. The number of carbonyl (C=O) groups is 1. The van der Waals surface area contributed by atoms with Crippen molar-refractivity contribution in [3.63, 3.8) is 0 Å². The Hall–Kier alpha value is -0.710. The summed E-state index contributed by atoms with van der Waals surface area (Å²) in [6.07, 6.45) is 0.648. The zero-order valence-corrected chi connectivity index (χ0v) is 9.40. The first-order valence-electron chi connectivity index (χ1n) is 5.79. The van der Waals surface area contributed by atoms with Gasteiger partial charge in [-0.05, 0) is 31.1 Å². The van der Waals surface area contributed by atoms with E-state index in [0.29, 0.717) is 11.8 Å². The van der Waals surface area contributed by atoms with Crippen LogP contribution in [0, 0.1) is 17.8 Å². The van der Waals surface area contributed by atoms with E-state index in [1.165, 1.54) is 7.05 Å². The zero-order chi connectivity index (χ0) is 11.9. The van der Waals surface area contributed by atoms with Crippen LogP contribution >= 0.6 is 0 Å². The number of nitrogens with zero attached hydrogens (tertiary/aromatic N) is 1. The highest BCUT2D eigenvalue weighted by Crippen LogP contribution is 2.48. The number of alkyl halides is 2. The summed E-state index contributed by atoms with van der Waals surface area (Å²) < 4.78 is 24.4. The van der Waals surface area contributed by atoms with Crippen molar-refractivity contribution in [1.29, 1.82) is 0 Å². The normalized spacial score (nSPS) is 37.1. The van der Waals surface area contributed by atoms with Gasteiger partial charge < -0.3 is 10.6 Å². The zero-order valence-electron chi connectivity index (χ0n) is 9.40. The molecule has 2 aliphatic carbocycles. The average molecular weight is 232 g/mol. The molecule has 0 aromatic heterocycles. The molecule has 0 aliphatic heterocycles. The molecule has 4 atom stereocenters. The molecule has 0 spiro atoms. The van der Waals surface area contributed by atoms with Gasteiger partial charge in [-0.2, -0.15) is 0 Å². The molecule has 2 fully saturated rings. The minimum atomic E-state index is -2.47. The third-order valence-electron chi connectivity index (χ3n) is 4.05. The number of hydrogen-bond donors (Lipinski definition) is 1. The lowest BCUT2D eigenvalue weighted by Gasteiger charge is -2.30. The fourth-order valence-corrected chi connectivity index (χ4v) is 3.25. The standard InChI is InChI=1S/C11H18F2N2O/c1-15(5-8(12)13)11(16)9-6-2-3-7(4-6)10(9)14/h6-10H,2-5,14H2,1H3. The van der Waals surface area contributed by atoms with Gasteiger partial charge in [0.25, 0.3) is 6.43 Å². The molecule has 2 bridgehead atoms. The van der Waals surface area contributed by atoms with Crippen LogP contribution < -0.4 is 5.73 Å². The Bertz CT molecular complexity index is 283. The molecule has 0 aromatic rings. The molecule has 4 unspecified atom stereocenters. The fraction of sp³-hybridized carbons (Fsp3) is 0.909. The van der Waals surface area contributed by atoms with Crippen LogP contribution in [0.2, 0.25) is 0 Å². The molecule has 2 rings (SSSR count). The highest BCUT2D eigenvalue weighted by Gasteiger charge is 2.49. The summed E-state index contributed by atoms with van der Waals surface area (Å²) in [4.78, 5) is 13.1. The smallest absolute Gasteiger partial charge is 0.255 e. The molecule has 2 N–H and O–H groups in total. The second-order valence-corrected chi connectivity index (χ2v) is 5.05. The molecular weight excluding hydrogens is 214 g/mol. The Morgan fingerprint density at radius 3 is 2.56 bits per heavy atom. The van der Waals surface area contributed by atoms with Crippen molar-refractivity contribution in [1.82, 2.24) is 4.90 Å². The highest BCUT2D eigenvalue weighted by molar-refractivity contribution is 5.80. The maximum Gasteiger partial charge on any atom is 0.255 e. The van der Waals surface area contributed by atoms with Crippen LogP contribution in [0.5, 0.6) is 0 Å². The maximum absolute atomic E-state index is 12.2. The van der Waals surface area contributed by atoms with E-state index in [1.807, 2.05) is 0 Å². The van der Waals surface area contributed by atoms with Crippen molar-refractivity contribution in [2.24, 2.45) is 23.5 Å². The Balaban J connectivity index is 1.99. The third kappa shape index (κ3) is 1.93. The van der Waals surface area contributed by atoms with Gasteiger partial charge in [-0.25, -0.2) is 8.78 Å². The van der Waals surface area contributed by atoms with Crippen LogP contribution in [-0.4, -0.2) is 36.9 Å². The number of hydrogen-bond acceptors (Lipinski definition) is 2. The van der Waals surface area contributed by atoms with Crippen molar-refractivity contribution in [2.45, 2.75) is 31.7 Å². The van der Waals surface area contributed by atoms with Gasteiger partial charge in [0.2, 0.25) is 5.91 Å². The minimum Gasteiger partial charge on any atom is -0.340 e. The molecule has 0 radical (unpaired) electrons. The number of halogens is 2. The van der Waals surface area contributed by atoms with Crippen LogP contribution in [0.1, 0.15) is 19.3 Å². The minimum absolute atomic E-state index is 0.119. The molecule has 0 heterocycles. The van der Waals surface area contributed by atoms with Crippen molar-refractivity contribution in [2.75, 3.05) is 13.6 Å². The summed E-state index contributed by atoms with van der Waals surface area (Å²) in [7, 11) is 1.44. The lowest BCUT2D eigenvalue weighted by Crippen LogP contribution is -2.46. The number of amides is 1. The first-order chi connectivity index (χ1) is 7.50. The molecule has 3 nitrogen and oxygen atoms in total. The van der Waals surface area contributed by atoms with Crippen LogP contribution in [0.15, 0.2) is 0 Å². The monoisotopic (exact) mass is 232 g/mol. The quantitative estimate of drug-likeness (QED) is 0.791. The van der Waals surface area contributed by atoms with E-state index in [4.69, 9.17) is 5.73 Å². The number of nitrogens with two attached hydrogens (primary N) is 1. The van der Waals surface area contributed by atoms with Crippen molar-refractivity contribution < 1.29 is 13.6 Å². The number of fused-ring (bicyclic) bond motifs is 2. The Morgan fingerprint density at radius 1 is 1.44 bits per heavy atom. The van der Waals surface area contributed by atoms with E-state index < -0.39 is 13.0 Å². The predicted octanol–water partition coefficient (Wildman–Crippen LogP) is 1.08. The summed E-state index contributed by atoms with van der Waals surface area (Å²) >= 11 is 0. The van der Waals surface area contributed by atoms with Gasteiger partial charge in [-0.15, -0.1) is 0 Å². The molecule has 1 amide bonds. The average Bonchev–Trinajstić information content (AvgIpc) is 2.75. The van der Waals surface area contributed by atoms with E-state index >= 15 is 0 Å². The van der Waals surface area contributed by atoms with Crippen LogP contribution in [-0.2, 0) is 4.79 Å². The van der Waals surface area contributed by atoms with Gasteiger partial charge in [-0.1, -0.05) is 0 Å². The molecule has 0 aromatic carbocycles. The van der Waals surface area contributed by atoms with E-state index in [0.717, 1.165) is 24.2 Å². The molecule has 5 heteroatoms. The largest absolute Gasteiger partial charge is 0.340 e. The van der Waals surface area contributed by atoms with Gasteiger partial charge >= 0.3 is 0 Å². The lowest BCUT2D eigenvalue weighted by molar-refractivity contribution is -0.138. The topological polar surface area (TPSA) is 46.3 Å². The summed E-state index contributed by atoms with van der Waals surface area (Å²) in [5.74, 6) is 0.342. The van der Waals surface area contributed by atoms with Crippen molar-refractivity contribution in [3.05, 3.63) is 0 Å². The maximum atomic E-state index is 12.2. The Morgan fingerprint density at radius 2 is 2.06 bits per heavy atom. The van der Waals surface area contributed by atoms with Crippen LogP contribution in [0.4, 0.5) is 8.78 Å². The summed E-state index contributed by atoms with van der Waals surface area (Å²) in [5.41, 5.74) is 6.00. The molecule has 2 aliphatic rings. The SMILES string of the molecule is CN(CC(F)F)C(=O)C1C2CCC(C2)C1N. The van der Waals surface area contributed by atoms with Gasteiger partial charge in [0.15, 0.2) is 0 Å². The fourth-order valence-electron chi connectivity index (χ4n) is 3.25. The molecule has 92 valence electrons. The van der Waals surface area contributed by atoms with Crippen molar-refractivity contribution >= 4 is 5.91 Å². The van der Waals surface area contributed by atoms with Gasteiger partial charge in [0, 0.05) is 13.1 Å². The second-order valence-electron chi connectivity index (χ2n) is 5.05. The Labute approximate surface area is 94.0 Å². The Kier molecular flexibility index (Phi) is 3.15. The molecule has 16 heavy (non-hydrogen) atoms. The number of rotatable bonds is 3. The van der Waals surface area contributed by atoms with Gasteiger partial charge in [-0.3, -0.25) is 4.79 Å². The summed E-state index contributed by atoms with van der Waals surface area (Å²) in [6.45, 7) is -0.487. The van der Waals surface area contributed by atoms with Crippen LogP contribution in [0.25, 0.3) is 0 Å². The molecule has 2 saturated carbocycles. The predicted molar refractivity (Wildman–Crippen MR) is 55.9 cm³/mol. The summed E-state index contributed by atoms with van der Waals surface area (Å²) in [5, 5.41) is 0. The second kappa shape index (κ2) is 4.28. The molecular formula is C11H18F2N2O. The lowest BCUT2D eigenvalue weighted by atomic mass is 9.84. The van der Waals surface area contributed by atoms with E-state index in [2.05, 4.69) is 0 Å². The van der Waals surface area contributed by atoms with Gasteiger partial charge in [0.1, 0.15) is 0 Å². The van der Waals surface area contributed by atoms with E-state index in [1.54, 1.807) is 0 Å². The highest BCUT2D eigenvalue weighted by atomic mass is 19.3. The van der Waals surface area contributed by atoms with Crippen LogP contribution in [0.3, 0.4) is 0 Å². The van der Waals surface area contributed by atoms with Crippen molar-refractivity contribution in [3.8, 4) is 0 Å². The van der Waals surface area contributed by atoms with E-state index in [-0.39, 0.29) is 17.9 Å². The first kappa shape index (κ1) is 11.8. The van der Waals surface area contributed by atoms with E-state index in [9.17, 15) is 13.6 Å². The van der Waals surface area contributed by atoms with Gasteiger partial charge in [0.05, 0.1) is 12.5 Å². The molecule has 0 saturated heterocycles.